The average Bonchev–Trinajstić information content (AvgIpc) is 2.64. The fourth-order valence-electron chi connectivity index (χ4n) is 2.20. The number of carbonyl (C=O) groups excluding carboxylic acids is 1. The first-order chi connectivity index (χ1) is 12.6. The topological polar surface area (TPSA) is 71.3 Å². The number of nitrogens with zero attached hydrogens (tertiary/aromatic N) is 1. The Morgan fingerprint density at radius 2 is 1.77 bits per heavy atom. The van der Waals surface area contributed by atoms with Crippen molar-refractivity contribution in [3.05, 3.63) is 59.4 Å². The second kappa shape index (κ2) is 9.23. The molecular formula is C20H19FN2O3. The van der Waals surface area contributed by atoms with Crippen molar-refractivity contribution in [2.75, 3.05) is 18.5 Å². The molecule has 1 N–H and O–H groups in total. The van der Waals surface area contributed by atoms with Crippen LogP contribution in [0.2, 0.25) is 0 Å². The molecule has 0 heterocycles. The molecule has 0 spiro atoms. The largest absolute Gasteiger partial charge is 0.490 e. The smallest absolute Gasteiger partial charge is 0.266 e. The third-order valence-electron chi connectivity index (χ3n) is 3.35. The summed E-state index contributed by atoms with van der Waals surface area (Å²) in [6, 6.07) is 12.3. The quantitative estimate of drug-likeness (QED) is 0.598. The highest BCUT2D eigenvalue weighted by Crippen LogP contribution is 2.29. The highest BCUT2D eigenvalue weighted by Gasteiger charge is 2.11. The summed E-state index contributed by atoms with van der Waals surface area (Å²) in [6.07, 6.45) is 1.46. The molecule has 2 aromatic carbocycles. The van der Waals surface area contributed by atoms with Crippen molar-refractivity contribution in [2.45, 2.75) is 13.8 Å². The third-order valence-corrected chi connectivity index (χ3v) is 3.35. The van der Waals surface area contributed by atoms with Gasteiger partial charge in [0.25, 0.3) is 5.91 Å². The first kappa shape index (κ1) is 19.0. The van der Waals surface area contributed by atoms with Crippen LogP contribution in [0.5, 0.6) is 11.5 Å². The van der Waals surface area contributed by atoms with Gasteiger partial charge in [-0.15, -0.1) is 0 Å². The Hall–Kier alpha value is -3.33. The summed E-state index contributed by atoms with van der Waals surface area (Å²) >= 11 is 0. The summed E-state index contributed by atoms with van der Waals surface area (Å²) in [5, 5.41) is 11.9. The van der Waals surface area contributed by atoms with E-state index in [9.17, 15) is 14.4 Å². The summed E-state index contributed by atoms with van der Waals surface area (Å²) in [4.78, 5) is 12.3. The molecule has 0 aliphatic carbocycles. The summed E-state index contributed by atoms with van der Waals surface area (Å²) < 4.78 is 24.0. The second-order valence-electron chi connectivity index (χ2n) is 5.20. The van der Waals surface area contributed by atoms with E-state index in [-0.39, 0.29) is 5.57 Å². The van der Waals surface area contributed by atoms with E-state index in [2.05, 4.69) is 5.32 Å². The summed E-state index contributed by atoms with van der Waals surface area (Å²) in [6.45, 7) is 4.69. The lowest BCUT2D eigenvalue weighted by Gasteiger charge is -2.11. The van der Waals surface area contributed by atoms with Gasteiger partial charge < -0.3 is 14.8 Å². The summed E-state index contributed by atoms with van der Waals surface area (Å²) in [5.74, 6) is 0.156. The van der Waals surface area contributed by atoms with Crippen LogP contribution in [0.15, 0.2) is 48.0 Å². The van der Waals surface area contributed by atoms with Crippen molar-refractivity contribution < 1.29 is 18.7 Å². The number of carbonyl (C=O) groups is 1. The Morgan fingerprint density at radius 1 is 1.12 bits per heavy atom. The number of nitriles is 1. The minimum atomic E-state index is -0.578. The molecule has 2 aromatic rings. The zero-order valence-electron chi connectivity index (χ0n) is 14.6. The van der Waals surface area contributed by atoms with E-state index in [1.54, 1.807) is 18.2 Å². The summed E-state index contributed by atoms with van der Waals surface area (Å²) in [7, 11) is 0. The van der Waals surface area contributed by atoms with Crippen molar-refractivity contribution in [1.29, 1.82) is 5.26 Å². The molecule has 0 saturated heterocycles. The molecule has 0 saturated carbocycles. The monoisotopic (exact) mass is 354 g/mol. The fraction of sp³-hybridized carbons (Fsp3) is 0.200. The van der Waals surface area contributed by atoms with Crippen LogP contribution < -0.4 is 14.8 Å². The van der Waals surface area contributed by atoms with Crippen LogP contribution in [-0.2, 0) is 4.79 Å². The molecule has 0 aromatic heterocycles. The van der Waals surface area contributed by atoms with Crippen molar-refractivity contribution in [2.24, 2.45) is 0 Å². The maximum Gasteiger partial charge on any atom is 0.266 e. The van der Waals surface area contributed by atoms with Crippen LogP contribution in [0.3, 0.4) is 0 Å². The Labute approximate surface area is 151 Å². The highest BCUT2D eigenvalue weighted by molar-refractivity contribution is 6.09. The van der Waals surface area contributed by atoms with Gasteiger partial charge in [-0.3, -0.25) is 4.79 Å². The number of nitrogens with one attached hydrogen (secondary N) is 1. The van der Waals surface area contributed by atoms with Crippen LogP contribution in [0.1, 0.15) is 19.4 Å². The predicted molar refractivity (Wildman–Crippen MR) is 97.4 cm³/mol. The SMILES string of the molecule is CCOc1ccc(C=C(C#N)C(=O)Nc2ccc(F)cc2)cc1OCC. The number of halogens is 1. The van der Waals surface area contributed by atoms with E-state index in [1.165, 1.54) is 30.3 Å². The van der Waals surface area contributed by atoms with Crippen molar-refractivity contribution >= 4 is 17.7 Å². The Kier molecular flexibility index (Phi) is 6.75. The predicted octanol–water partition coefficient (Wildman–Crippen LogP) is 4.17. The highest BCUT2D eigenvalue weighted by atomic mass is 19.1. The van der Waals surface area contributed by atoms with Crippen molar-refractivity contribution in [3.8, 4) is 17.6 Å². The first-order valence-electron chi connectivity index (χ1n) is 8.15. The lowest BCUT2D eigenvalue weighted by atomic mass is 10.1. The molecule has 2 rings (SSSR count). The summed E-state index contributed by atoms with van der Waals surface area (Å²) in [5.41, 5.74) is 0.947. The molecule has 5 nitrogen and oxygen atoms in total. The van der Waals surface area contributed by atoms with E-state index >= 15 is 0 Å². The van der Waals surface area contributed by atoms with Crippen molar-refractivity contribution in [3.63, 3.8) is 0 Å². The van der Waals surface area contributed by atoms with Gasteiger partial charge in [0.05, 0.1) is 13.2 Å². The maximum absolute atomic E-state index is 12.9. The van der Waals surface area contributed by atoms with E-state index in [4.69, 9.17) is 9.47 Å². The van der Waals surface area contributed by atoms with Gasteiger partial charge in [-0.2, -0.15) is 5.26 Å². The molecule has 26 heavy (non-hydrogen) atoms. The Bertz CT molecular complexity index is 839. The standard InChI is InChI=1S/C20H19FN2O3/c1-3-25-18-10-5-14(12-19(18)26-4-2)11-15(13-22)20(24)23-17-8-6-16(21)7-9-17/h5-12H,3-4H2,1-2H3,(H,23,24). The normalized spacial score (nSPS) is 10.8. The van der Waals surface area contributed by atoms with Crippen LogP contribution in [0.25, 0.3) is 6.08 Å². The number of hydrogen-bond donors (Lipinski definition) is 1. The molecule has 1 amide bonds. The van der Waals surface area contributed by atoms with Crippen LogP contribution in [-0.4, -0.2) is 19.1 Å². The van der Waals surface area contributed by atoms with E-state index in [0.717, 1.165) is 0 Å². The van der Waals surface area contributed by atoms with E-state index in [0.29, 0.717) is 36.0 Å². The minimum absolute atomic E-state index is 0.0825. The molecule has 0 radical (unpaired) electrons. The first-order valence-corrected chi connectivity index (χ1v) is 8.15. The molecule has 0 atom stereocenters. The fourth-order valence-corrected chi connectivity index (χ4v) is 2.20. The number of ether oxygens (including phenoxy) is 2. The average molecular weight is 354 g/mol. The third kappa shape index (κ3) is 5.08. The van der Waals surface area contributed by atoms with Gasteiger partial charge in [0.1, 0.15) is 17.5 Å². The van der Waals surface area contributed by atoms with Gasteiger partial charge in [-0.25, -0.2) is 4.39 Å². The van der Waals surface area contributed by atoms with Gasteiger partial charge in [0.2, 0.25) is 0 Å². The van der Waals surface area contributed by atoms with Gasteiger partial charge in [0, 0.05) is 5.69 Å². The van der Waals surface area contributed by atoms with E-state index < -0.39 is 11.7 Å². The molecule has 134 valence electrons. The number of amides is 1. The van der Waals surface area contributed by atoms with Crippen LogP contribution in [0, 0.1) is 17.1 Å². The molecular weight excluding hydrogens is 335 g/mol. The zero-order valence-corrected chi connectivity index (χ0v) is 14.6. The van der Waals surface area contributed by atoms with E-state index in [1.807, 2.05) is 19.9 Å². The van der Waals surface area contributed by atoms with Gasteiger partial charge in [0.15, 0.2) is 11.5 Å². The number of benzene rings is 2. The lowest BCUT2D eigenvalue weighted by Crippen LogP contribution is -2.13. The number of hydrogen-bond acceptors (Lipinski definition) is 4. The van der Waals surface area contributed by atoms with Gasteiger partial charge >= 0.3 is 0 Å². The lowest BCUT2D eigenvalue weighted by molar-refractivity contribution is -0.112. The zero-order chi connectivity index (χ0) is 18.9. The molecule has 0 aliphatic rings. The second-order valence-corrected chi connectivity index (χ2v) is 5.20. The van der Waals surface area contributed by atoms with Crippen LogP contribution >= 0.6 is 0 Å². The molecule has 0 bridgehead atoms. The minimum Gasteiger partial charge on any atom is -0.490 e. The van der Waals surface area contributed by atoms with Crippen LogP contribution in [0.4, 0.5) is 10.1 Å². The number of anilines is 1. The van der Waals surface area contributed by atoms with Gasteiger partial charge in [-0.05, 0) is 61.9 Å². The number of rotatable bonds is 7. The molecule has 0 fully saturated rings. The maximum atomic E-state index is 12.9. The molecule has 0 aliphatic heterocycles. The Morgan fingerprint density at radius 3 is 2.38 bits per heavy atom. The molecule has 0 unspecified atom stereocenters. The van der Waals surface area contributed by atoms with Crippen molar-refractivity contribution in [1.82, 2.24) is 0 Å². The Balaban J connectivity index is 2.24. The van der Waals surface area contributed by atoms with Gasteiger partial charge in [-0.1, -0.05) is 6.07 Å². The molecule has 6 heteroatoms.